The van der Waals surface area contributed by atoms with Crippen molar-refractivity contribution in [2.75, 3.05) is 25.6 Å². The molecule has 1 amide bonds. The highest BCUT2D eigenvalue weighted by Crippen LogP contribution is 2.46. The van der Waals surface area contributed by atoms with Gasteiger partial charge in [0.2, 0.25) is 5.95 Å². The zero-order chi connectivity index (χ0) is 27.9. The number of aromatic nitrogens is 2. The molecule has 3 atom stereocenters. The molecule has 2 aliphatic rings. The summed E-state index contributed by atoms with van der Waals surface area (Å²) in [5.41, 5.74) is 2.88. The van der Waals surface area contributed by atoms with Gasteiger partial charge in [0.05, 0.1) is 23.7 Å². The van der Waals surface area contributed by atoms with Crippen LogP contribution in [0.3, 0.4) is 0 Å². The van der Waals surface area contributed by atoms with Crippen molar-refractivity contribution < 1.29 is 27.4 Å². The van der Waals surface area contributed by atoms with E-state index in [-0.39, 0.29) is 29.2 Å². The lowest BCUT2D eigenvalue weighted by Gasteiger charge is -2.40. The Balaban J connectivity index is 1.50. The number of anilines is 2. The van der Waals surface area contributed by atoms with E-state index in [9.17, 15) is 18.0 Å². The minimum Gasteiger partial charge on any atom is -0.406 e. The normalized spacial score (nSPS) is 23.1. The highest BCUT2D eigenvalue weighted by molar-refractivity contribution is 5.98. The summed E-state index contributed by atoms with van der Waals surface area (Å²) < 4.78 is 49.5. The molecular formula is C29H35F3N4O3. The van der Waals surface area contributed by atoms with Gasteiger partial charge >= 0.3 is 6.36 Å². The molecule has 3 aromatic rings. The lowest BCUT2D eigenvalue weighted by atomic mass is 9.70. The second kappa shape index (κ2) is 10.4. The number of rotatable bonds is 6. The number of halogens is 3. The third kappa shape index (κ3) is 6.16. The van der Waals surface area contributed by atoms with E-state index in [0.717, 1.165) is 31.2 Å². The summed E-state index contributed by atoms with van der Waals surface area (Å²) >= 11 is 0. The zero-order valence-electron chi connectivity index (χ0n) is 22.7. The lowest BCUT2D eigenvalue weighted by Crippen LogP contribution is -2.37. The van der Waals surface area contributed by atoms with Crippen molar-refractivity contribution >= 4 is 28.6 Å². The molecule has 1 aliphatic carbocycles. The Hall–Kier alpha value is -3.27. The van der Waals surface area contributed by atoms with E-state index in [1.165, 1.54) is 24.3 Å². The first-order valence-electron chi connectivity index (χ1n) is 13.4. The fraction of sp³-hybridized carbons (Fsp3) is 0.517. The van der Waals surface area contributed by atoms with Gasteiger partial charge in [-0.3, -0.25) is 4.79 Å². The monoisotopic (exact) mass is 544 g/mol. The molecule has 210 valence electrons. The molecule has 1 aromatic heterocycles. The molecule has 1 N–H and O–H groups in total. The summed E-state index contributed by atoms with van der Waals surface area (Å²) in [6.07, 6.45) is -0.861. The highest BCUT2D eigenvalue weighted by atomic mass is 19.4. The van der Waals surface area contributed by atoms with Gasteiger partial charge < -0.3 is 24.3 Å². The minimum absolute atomic E-state index is 0.0539. The van der Waals surface area contributed by atoms with Crippen LogP contribution in [-0.2, 0) is 4.74 Å². The molecule has 5 rings (SSSR count). The number of carbonyl (C=O) groups is 1. The van der Waals surface area contributed by atoms with E-state index in [0.29, 0.717) is 41.8 Å². The topological polar surface area (TPSA) is 68.6 Å². The molecule has 3 unspecified atom stereocenters. The quantitative estimate of drug-likeness (QED) is 0.365. The summed E-state index contributed by atoms with van der Waals surface area (Å²) in [6, 6.07) is 11.5. The molecule has 1 saturated heterocycles. The standard InChI is InChI=1S/C29H35F3N4O3/c1-18-13-22(16-28(2,3)15-18)36-25-10-5-19(26(37)35(4)21-11-12-38-17-21)14-24(25)34-27(36)33-20-6-8-23(9-7-20)39-29(30,31)32/h5-10,14,18,21-22H,11-13,15-17H2,1-4H3,(H,33,34). The predicted octanol–water partition coefficient (Wildman–Crippen LogP) is 6.93. The number of benzene rings is 2. The summed E-state index contributed by atoms with van der Waals surface area (Å²) in [6.45, 7) is 8.01. The molecule has 2 aromatic carbocycles. The molecule has 2 heterocycles. The van der Waals surface area contributed by atoms with E-state index in [1.807, 2.05) is 18.2 Å². The van der Waals surface area contributed by atoms with Crippen molar-refractivity contribution in [2.45, 2.75) is 64.9 Å². The molecular weight excluding hydrogens is 509 g/mol. The van der Waals surface area contributed by atoms with Crippen LogP contribution < -0.4 is 10.1 Å². The van der Waals surface area contributed by atoms with Crippen LogP contribution in [0.15, 0.2) is 42.5 Å². The van der Waals surface area contributed by atoms with Gasteiger partial charge in [-0.1, -0.05) is 20.8 Å². The fourth-order valence-electron chi connectivity index (χ4n) is 6.25. The number of alkyl halides is 3. The summed E-state index contributed by atoms with van der Waals surface area (Å²) in [7, 11) is 1.80. The van der Waals surface area contributed by atoms with Crippen molar-refractivity contribution in [2.24, 2.45) is 11.3 Å². The van der Waals surface area contributed by atoms with Crippen molar-refractivity contribution in [3.63, 3.8) is 0 Å². The maximum atomic E-state index is 13.2. The van der Waals surface area contributed by atoms with Gasteiger partial charge in [0.15, 0.2) is 0 Å². The summed E-state index contributed by atoms with van der Waals surface area (Å²) in [5.74, 6) is 0.742. The van der Waals surface area contributed by atoms with E-state index >= 15 is 0 Å². The minimum atomic E-state index is -4.75. The van der Waals surface area contributed by atoms with E-state index in [2.05, 4.69) is 35.4 Å². The third-order valence-corrected chi connectivity index (χ3v) is 7.78. The van der Waals surface area contributed by atoms with Crippen LogP contribution >= 0.6 is 0 Å². The second-order valence-corrected chi connectivity index (χ2v) is 11.7. The lowest BCUT2D eigenvalue weighted by molar-refractivity contribution is -0.274. The van der Waals surface area contributed by atoms with Crippen molar-refractivity contribution in [1.82, 2.24) is 14.5 Å². The fourth-order valence-corrected chi connectivity index (χ4v) is 6.25. The van der Waals surface area contributed by atoms with Crippen LogP contribution in [0.4, 0.5) is 24.8 Å². The second-order valence-electron chi connectivity index (χ2n) is 11.7. The van der Waals surface area contributed by atoms with E-state index in [4.69, 9.17) is 9.72 Å². The van der Waals surface area contributed by atoms with Crippen molar-refractivity contribution in [3.05, 3.63) is 48.0 Å². The Bertz CT molecular complexity index is 1330. The summed E-state index contributed by atoms with van der Waals surface area (Å²) in [5, 5.41) is 3.31. The number of hydrogen-bond donors (Lipinski definition) is 1. The number of nitrogens with one attached hydrogen (secondary N) is 1. The van der Waals surface area contributed by atoms with Crippen molar-refractivity contribution in [3.8, 4) is 5.75 Å². The average molecular weight is 545 g/mol. The van der Waals surface area contributed by atoms with Gasteiger partial charge in [-0.25, -0.2) is 4.98 Å². The molecule has 39 heavy (non-hydrogen) atoms. The number of likely N-dealkylation sites (N-methyl/N-ethyl adjacent to an activating group) is 1. The Morgan fingerprint density at radius 2 is 1.92 bits per heavy atom. The van der Waals surface area contributed by atoms with Crippen LogP contribution in [0.5, 0.6) is 5.75 Å². The van der Waals surface area contributed by atoms with Gasteiger partial charge in [-0.15, -0.1) is 13.2 Å². The molecule has 0 bridgehead atoms. The Morgan fingerprint density at radius 1 is 1.18 bits per heavy atom. The number of hydrogen-bond acceptors (Lipinski definition) is 5. The number of amides is 1. The molecule has 10 heteroatoms. The van der Waals surface area contributed by atoms with Crippen LogP contribution in [0.25, 0.3) is 11.0 Å². The smallest absolute Gasteiger partial charge is 0.406 e. The number of fused-ring (bicyclic) bond motifs is 1. The van der Waals surface area contributed by atoms with Crippen LogP contribution in [-0.4, -0.2) is 53.0 Å². The molecule has 1 saturated carbocycles. The predicted molar refractivity (Wildman–Crippen MR) is 143 cm³/mol. The first kappa shape index (κ1) is 27.3. The average Bonchev–Trinajstić information content (AvgIpc) is 3.50. The maximum absolute atomic E-state index is 13.2. The number of imidazole rings is 1. The van der Waals surface area contributed by atoms with Crippen LogP contribution in [0, 0.1) is 11.3 Å². The third-order valence-electron chi connectivity index (χ3n) is 7.78. The first-order valence-corrected chi connectivity index (χ1v) is 13.4. The number of ether oxygens (including phenoxy) is 2. The van der Waals surface area contributed by atoms with Gasteiger partial charge in [0, 0.05) is 30.9 Å². The van der Waals surface area contributed by atoms with E-state index < -0.39 is 6.36 Å². The maximum Gasteiger partial charge on any atom is 0.573 e. The Morgan fingerprint density at radius 3 is 2.56 bits per heavy atom. The Kier molecular flexibility index (Phi) is 7.26. The van der Waals surface area contributed by atoms with E-state index in [1.54, 1.807) is 11.9 Å². The Labute approximate surface area is 226 Å². The molecule has 2 fully saturated rings. The zero-order valence-corrected chi connectivity index (χ0v) is 22.7. The largest absolute Gasteiger partial charge is 0.573 e. The molecule has 1 aliphatic heterocycles. The molecule has 0 radical (unpaired) electrons. The van der Waals surface area contributed by atoms with Crippen LogP contribution in [0.1, 0.15) is 62.9 Å². The molecule has 0 spiro atoms. The first-order chi connectivity index (χ1) is 18.4. The number of carbonyl (C=O) groups excluding carboxylic acids is 1. The van der Waals surface area contributed by atoms with Crippen LogP contribution in [0.2, 0.25) is 0 Å². The van der Waals surface area contributed by atoms with Gasteiger partial charge in [0.1, 0.15) is 5.75 Å². The highest BCUT2D eigenvalue weighted by Gasteiger charge is 2.35. The van der Waals surface area contributed by atoms with Gasteiger partial charge in [-0.05, 0) is 79.5 Å². The summed E-state index contributed by atoms with van der Waals surface area (Å²) in [4.78, 5) is 19.9. The van der Waals surface area contributed by atoms with Gasteiger partial charge in [-0.2, -0.15) is 0 Å². The van der Waals surface area contributed by atoms with Gasteiger partial charge in [0.25, 0.3) is 5.91 Å². The number of nitrogens with zero attached hydrogens (tertiary/aromatic N) is 3. The SMILES string of the molecule is CC1CC(n2c(Nc3ccc(OC(F)(F)F)cc3)nc3cc(C(=O)N(C)C4CCOC4)ccc32)CC(C)(C)C1. The molecule has 7 nitrogen and oxygen atoms in total. The van der Waals surface area contributed by atoms with Crippen molar-refractivity contribution in [1.29, 1.82) is 0 Å².